The lowest BCUT2D eigenvalue weighted by molar-refractivity contribution is 0.116. The van der Waals surface area contributed by atoms with Crippen LogP contribution in [-0.2, 0) is 0 Å². The second-order valence-corrected chi connectivity index (χ2v) is 6.75. The number of hydrazine groups is 1. The molecule has 9 nitrogen and oxygen atoms in total. The number of nitrogen functional groups attached to an aromatic ring is 1. The first kappa shape index (κ1) is 22.1. The van der Waals surface area contributed by atoms with Gasteiger partial charge in [-0.05, 0) is 42.7 Å². The lowest BCUT2D eigenvalue weighted by Gasteiger charge is -2.27. The van der Waals surface area contributed by atoms with Crippen molar-refractivity contribution in [2.24, 2.45) is 11.6 Å². The van der Waals surface area contributed by atoms with E-state index < -0.39 is 12.3 Å². The van der Waals surface area contributed by atoms with Gasteiger partial charge < -0.3 is 26.0 Å². The first-order valence-electron chi connectivity index (χ1n) is 9.44. The monoisotopic (exact) mass is 431 g/mol. The highest BCUT2D eigenvalue weighted by molar-refractivity contribution is 5.62. The molecule has 1 aromatic carbocycles. The molecule has 0 fully saturated rings. The van der Waals surface area contributed by atoms with Crippen molar-refractivity contribution < 1.29 is 18.3 Å². The van der Waals surface area contributed by atoms with Crippen LogP contribution in [0.15, 0.2) is 53.2 Å². The topological polar surface area (TPSA) is 153 Å². The predicted molar refractivity (Wildman–Crippen MR) is 111 cm³/mol. The fourth-order valence-electron chi connectivity index (χ4n) is 2.96. The summed E-state index contributed by atoms with van der Waals surface area (Å²) in [5, 5.41) is 17.7. The molecule has 164 valence electrons. The zero-order valence-corrected chi connectivity index (χ0v) is 16.5. The van der Waals surface area contributed by atoms with E-state index in [0.29, 0.717) is 35.5 Å². The summed E-state index contributed by atoms with van der Waals surface area (Å²) in [5.41, 5.74) is 14.1. The van der Waals surface area contributed by atoms with Crippen molar-refractivity contribution in [3.8, 4) is 11.5 Å². The van der Waals surface area contributed by atoms with Gasteiger partial charge in [0, 0.05) is 30.1 Å². The third-order valence-electron chi connectivity index (χ3n) is 4.57. The van der Waals surface area contributed by atoms with Crippen molar-refractivity contribution in [1.29, 1.82) is 0 Å². The lowest BCUT2D eigenvalue weighted by atomic mass is 10.00. The summed E-state index contributed by atoms with van der Waals surface area (Å²) in [6, 6.07) is 9.97. The summed E-state index contributed by atoms with van der Waals surface area (Å²) >= 11 is 0. The second kappa shape index (κ2) is 9.96. The molecule has 1 atom stereocenters. The average molecular weight is 431 g/mol. The largest absolute Gasteiger partial charge is 0.415 e. The number of alkyl halides is 2. The minimum atomic E-state index is -2.83. The van der Waals surface area contributed by atoms with Crippen molar-refractivity contribution >= 4 is 11.5 Å². The molecular formula is C20H23F2N7O2. The average Bonchev–Trinajstić information content (AvgIpc) is 3.25. The summed E-state index contributed by atoms with van der Waals surface area (Å²) in [4.78, 5) is 4.01. The molecular weight excluding hydrogens is 408 g/mol. The number of hydrogen-bond donors (Lipinski definition) is 4. The van der Waals surface area contributed by atoms with Gasteiger partial charge in [-0.15, -0.1) is 10.2 Å². The molecule has 0 aliphatic heterocycles. The van der Waals surface area contributed by atoms with Crippen LogP contribution in [0.3, 0.4) is 0 Å². The van der Waals surface area contributed by atoms with E-state index in [4.69, 9.17) is 21.7 Å². The second-order valence-electron chi connectivity index (χ2n) is 6.75. The zero-order valence-electron chi connectivity index (χ0n) is 16.5. The third-order valence-corrected chi connectivity index (χ3v) is 4.57. The summed E-state index contributed by atoms with van der Waals surface area (Å²) in [7, 11) is 0. The van der Waals surface area contributed by atoms with Gasteiger partial charge in [-0.25, -0.2) is 10.8 Å². The Hall–Kier alpha value is -3.57. The molecule has 0 aliphatic carbocycles. The van der Waals surface area contributed by atoms with Crippen LogP contribution in [0.1, 0.15) is 42.3 Å². The van der Waals surface area contributed by atoms with Gasteiger partial charge in [0.05, 0.1) is 11.7 Å². The number of nitrogens with zero attached hydrogens (tertiary/aromatic N) is 4. The molecule has 0 radical (unpaired) electrons. The van der Waals surface area contributed by atoms with Crippen LogP contribution in [0.4, 0.5) is 14.6 Å². The zero-order chi connectivity index (χ0) is 22.4. The Balaban J connectivity index is 1.82. The minimum Gasteiger partial charge on any atom is -0.415 e. The Kier molecular flexibility index (Phi) is 7.11. The van der Waals surface area contributed by atoms with E-state index in [1.54, 1.807) is 48.8 Å². The molecule has 11 heteroatoms. The fourth-order valence-corrected chi connectivity index (χ4v) is 2.96. The number of anilines is 1. The minimum absolute atomic E-state index is 0.00152. The third kappa shape index (κ3) is 5.53. The van der Waals surface area contributed by atoms with Crippen LogP contribution in [0.2, 0.25) is 0 Å². The van der Waals surface area contributed by atoms with E-state index in [1.165, 1.54) is 5.01 Å². The van der Waals surface area contributed by atoms with E-state index in [-0.39, 0.29) is 18.5 Å². The molecule has 2 heterocycles. The number of aliphatic hydroxyl groups is 1. The van der Waals surface area contributed by atoms with Crippen LogP contribution in [0, 0.1) is 0 Å². The highest BCUT2D eigenvalue weighted by atomic mass is 19.3. The Bertz CT molecular complexity index is 1010. The highest BCUT2D eigenvalue weighted by Gasteiger charge is 2.19. The lowest BCUT2D eigenvalue weighted by Crippen LogP contribution is -2.31. The van der Waals surface area contributed by atoms with Crippen molar-refractivity contribution in [3.63, 3.8) is 0 Å². The van der Waals surface area contributed by atoms with Gasteiger partial charge >= 0.3 is 6.43 Å². The standard InChI is InChI=1S/C20H23F2N7O2/c21-18(22)20-28-27-19(31-20)13-5-3-12(4-6-13)16(2-1-9-30)29(25)11-15(23)14-7-8-17(24)26-10-14/h3-8,10-11,16,18,30H,1-2,9,23,25H2,(H2,24,26)/b15-11-. The van der Waals surface area contributed by atoms with Crippen molar-refractivity contribution in [3.05, 3.63) is 65.8 Å². The smallest absolute Gasteiger partial charge is 0.314 e. The Morgan fingerprint density at radius 1 is 1.16 bits per heavy atom. The van der Waals surface area contributed by atoms with Gasteiger partial charge in [0.1, 0.15) is 5.82 Å². The number of hydrogen-bond acceptors (Lipinski definition) is 9. The summed E-state index contributed by atoms with van der Waals surface area (Å²) in [6.07, 6.45) is 1.36. The number of rotatable bonds is 9. The molecule has 0 aliphatic rings. The van der Waals surface area contributed by atoms with Crippen LogP contribution in [0.5, 0.6) is 0 Å². The van der Waals surface area contributed by atoms with Gasteiger partial charge in [-0.3, -0.25) is 0 Å². The first-order chi connectivity index (χ1) is 14.9. The number of halogens is 2. The number of benzene rings is 1. The van der Waals surface area contributed by atoms with E-state index >= 15 is 0 Å². The number of nitrogens with two attached hydrogens (primary N) is 3. The van der Waals surface area contributed by atoms with Crippen LogP contribution in [0.25, 0.3) is 17.2 Å². The Morgan fingerprint density at radius 3 is 2.48 bits per heavy atom. The van der Waals surface area contributed by atoms with Gasteiger partial charge in [0.25, 0.3) is 5.89 Å². The molecule has 0 saturated heterocycles. The molecule has 2 aromatic heterocycles. The Labute approximate surface area is 177 Å². The molecule has 0 amide bonds. The van der Waals surface area contributed by atoms with Crippen LogP contribution >= 0.6 is 0 Å². The molecule has 1 unspecified atom stereocenters. The number of aliphatic hydroxyl groups excluding tert-OH is 1. The molecule has 31 heavy (non-hydrogen) atoms. The maximum atomic E-state index is 12.7. The summed E-state index contributed by atoms with van der Waals surface area (Å²) in [6.45, 7) is 0.00188. The fraction of sp³-hybridized carbons (Fsp3) is 0.250. The molecule has 0 saturated carbocycles. The normalized spacial score (nSPS) is 12.9. The number of aromatic nitrogens is 3. The maximum Gasteiger partial charge on any atom is 0.314 e. The van der Waals surface area contributed by atoms with Crippen LogP contribution < -0.4 is 17.3 Å². The highest BCUT2D eigenvalue weighted by Crippen LogP contribution is 2.28. The van der Waals surface area contributed by atoms with Crippen LogP contribution in [-0.4, -0.2) is 31.9 Å². The van der Waals surface area contributed by atoms with Crippen molar-refractivity contribution in [2.45, 2.75) is 25.3 Å². The molecule has 3 rings (SSSR count). The van der Waals surface area contributed by atoms with E-state index in [2.05, 4.69) is 15.2 Å². The quantitative estimate of drug-likeness (QED) is 0.296. The number of pyridine rings is 1. The first-order valence-corrected chi connectivity index (χ1v) is 9.44. The predicted octanol–water partition coefficient (Wildman–Crippen LogP) is 2.60. The SMILES string of the molecule is N/C(=C\N(N)C(CCCO)c1ccc(-c2nnc(C(F)F)o2)cc1)c1ccc(N)nc1. The van der Waals surface area contributed by atoms with Gasteiger partial charge in [0.15, 0.2) is 0 Å². The van der Waals surface area contributed by atoms with Crippen molar-refractivity contribution in [1.82, 2.24) is 20.2 Å². The summed E-state index contributed by atoms with van der Waals surface area (Å²) < 4.78 is 30.3. The maximum absolute atomic E-state index is 12.7. The van der Waals surface area contributed by atoms with E-state index in [0.717, 1.165) is 5.56 Å². The molecule has 3 aromatic rings. The van der Waals surface area contributed by atoms with Crippen molar-refractivity contribution in [2.75, 3.05) is 12.3 Å². The Morgan fingerprint density at radius 2 is 1.90 bits per heavy atom. The van der Waals surface area contributed by atoms with E-state index in [1.807, 2.05) is 0 Å². The molecule has 7 N–H and O–H groups in total. The van der Waals surface area contributed by atoms with Gasteiger partial charge in [0.2, 0.25) is 5.89 Å². The van der Waals surface area contributed by atoms with Gasteiger partial charge in [-0.1, -0.05) is 12.1 Å². The molecule has 0 bridgehead atoms. The van der Waals surface area contributed by atoms with Gasteiger partial charge in [-0.2, -0.15) is 8.78 Å². The summed E-state index contributed by atoms with van der Waals surface area (Å²) in [5.74, 6) is 5.92. The molecule has 0 spiro atoms. The van der Waals surface area contributed by atoms with E-state index in [9.17, 15) is 13.9 Å².